The molecule has 23 heavy (non-hydrogen) atoms. The molecule has 5 heteroatoms. The van der Waals surface area contributed by atoms with Crippen LogP contribution in [-0.4, -0.2) is 15.7 Å². The maximum absolute atomic E-state index is 11.1. The molecule has 0 aliphatic heterocycles. The molecule has 1 saturated carbocycles. The number of nitrogens with zero attached hydrogens (tertiary/aromatic N) is 2. The van der Waals surface area contributed by atoms with Gasteiger partial charge in [0.1, 0.15) is 0 Å². The van der Waals surface area contributed by atoms with E-state index in [0.717, 1.165) is 12.2 Å². The van der Waals surface area contributed by atoms with Crippen molar-refractivity contribution in [2.75, 3.05) is 5.32 Å². The number of hydrogen-bond donors (Lipinski definition) is 2. The molecule has 1 fully saturated rings. The maximum atomic E-state index is 11.1. The van der Waals surface area contributed by atoms with E-state index in [-0.39, 0.29) is 0 Å². The van der Waals surface area contributed by atoms with Crippen LogP contribution in [0, 0.1) is 0 Å². The predicted molar refractivity (Wildman–Crippen MR) is 91.3 cm³/mol. The summed E-state index contributed by atoms with van der Waals surface area (Å²) < 4.78 is 1.91. The highest BCUT2D eigenvalue weighted by atomic mass is 16.1. The van der Waals surface area contributed by atoms with E-state index < -0.39 is 5.91 Å². The molecule has 5 nitrogen and oxygen atoms in total. The first-order valence-corrected chi connectivity index (χ1v) is 8.29. The first-order valence-electron chi connectivity index (χ1n) is 8.29. The van der Waals surface area contributed by atoms with E-state index in [9.17, 15) is 4.79 Å². The lowest BCUT2D eigenvalue weighted by Crippen LogP contribution is -2.11. The van der Waals surface area contributed by atoms with Crippen molar-refractivity contribution in [3.63, 3.8) is 0 Å². The summed E-state index contributed by atoms with van der Waals surface area (Å²) >= 11 is 0. The van der Waals surface area contributed by atoms with Crippen LogP contribution in [0.3, 0.4) is 0 Å². The average molecular weight is 312 g/mol. The highest BCUT2D eigenvalue weighted by Gasteiger charge is 2.21. The Bertz CT molecular complexity index is 669. The number of hydrogen-bond acceptors (Lipinski definition) is 3. The van der Waals surface area contributed by atoms with Crippen LogP contribution >= 0.6 is 0 Å². The lowest BCUT2D eigenvalue weighted by Gasteiger charge is -2.21. The van der Waals surface area contributed by atoms with Crippen molar-refractivity contribution in [1.82, 2.24) is 9.78 Å². The van der Waals surface area contributed by atoms with Gasteiger partial charge >= 0.3 is 0 Å². The molecule has 1 aliphatic carbocycles. The van der Waals surface area contributed by atoms with Gasteiger partial charge < -0.3 is 11.1 Å². The lowest BCUT2D eigenvalue weighted by molar-refractivity contribution is 0.100. The van der Waals surface area contributed by atoms with Crippen molar-refractivity contribution in [2.24, 2.45) is 12.8 Å². The van der Waals surface area contributed by atoms with Crippen LogP contribution in [0.4, 0.5) is 5.69 Å². The second-order valence-corrected chi connectivity index (χ2v) is 6.34. The summed E-state index contributed by atoms with van der Waals surface area (Å²) in [5.74, 6) is 0.197. The number of aryl methyl sites for hydroxylation is 1. The van der Waals surface area contributed by atoms with Gasteiger partial charge in [0.15, 0.2) is 0 Å². The first kappa shape index (κ1) is 15.6. The minimum atomic E-state index is -0.400. The minimum absolute atomic E-state index is 0.400. The maximum Gasteiger partial charge on any atom is 0.248 e. The number of carbonyl (C=O) groups excluding carboxylic acids is 1. The fraction of sp³-hybridized carbons (Fsp3) is 0.444. The molecule has 1 aromatic heterocycles. The third kappa shape index (κ3) is 3.73. The zero-order valence-electron chi connectivity index (χ0n) is 13.6. The average Bonchev–Trinajstić information content (AvgIpc) is 2.95. The molecule has 0 radical (unpaired) electrons. The van der Waals surface area contributed by atoms with Gasteiger partial charge in [-0.3, -0.25) is 9.48 Å². The summed E-state index contributed by atoms with van der Waals surface area (Å²) in [4.78, 5) is 11.1. The van der Waals surface area contributed by atoms with Crippen molar-refractivity contribution < 1.29 is 4.79 Å². The summed E-state index contributed by atoms with van der Waals surface area (Å²) in [5.41, 5.74) is 9.28. The second-order valence-electron chi connectivity index (χ2n) is 6.34. The van der Waals surface area contributed by atoms with Crippen molar-refractivity contribution >= 4 is 11.6 Å². The summed E-state index contributed by atoms with van der Waals surface area (Å²) in [7, 11) is 1.98. The van der Waals surface area contributed by atoms with E-state index in [2.05, 4.69) is 11.5 Å². The molecule has 122 valence electrons. The number of anilines is 1. The van der Waals surface area contributed by atoms with Gasteiger partial charge in [-0.15, -0.1) is 0 Å². The van der Waals surface area contributed by atoms with Crippen molar-refractivity contribution in [3.05, 3.63) is 47.3 Å². The predicted octanol–water partition coefficient (Wildman–Crippen LogP) is 3.18. The van der Waals surface area contributed by atoms with Gasteiger partial charge in [0.25, 0.3) is 0 Å². The van der Waals surface area contributed by atoms with E-state index in [0.29, 0.717) is 11.5 Å². The van der Waals surface area contributed by atoms with Gasteiger partial charge in [-0.25, -0.2) is 0 Å². The van der Waals surface area contributed by atoms with Gasteiger partial charge in [0.2, 0.25) is 5.91 Å². The number of amides is 1. The Balaban J connectivity index is 1.69. The third-order valence-corrected chi connectivity index (χ3v) is 4.58. The van der Waals surface area contributed by atoms with E-state index in [4.69, 9.17) is 10.8 Å². The van der Waals surface area contributed by atoms with Crippen LogP contribution in [0.5, 0.6) is 0 Å². The molecular formula is C18H24N4O. The van der Waals surface area contributed by atoms with Crippen LogP contribution in [0.2, 0.25) is 0 Å². The van der Waals surface area contributed by atoms with E-state index in [1.54, 1.807) is 12.1 Å². The topological polar surface area (TPSA) is 72.9 Å². The van der Waals surface area contributed by atoms with Gasteiger partial charge in [0.05, 0.1) is 5.69 Å². The second kappa shape index (κ2) is 6.86. The number of rotatable bonds is 5. The zero-order valence-corrected chi connectivity index (χ0v) is 13.6. The van der Waals surface area contributed by atoms with Crippen molar-refractivity contribution in [3.8, 4) is 0 Å². The molecular weight excluding hydrogens is 288 g/mol. The standard InChI is InChI=1S/C18H24N4O/c1-22-12-15(17(21-22)13-5-3-2-4-6-13)11-20-16-9-7-14(8-10-16)18(19)23/h7-10,12-13,20H,2-6,11H2,1H3,(H2,19,23). The van der Waals surface area contributed by atoms with E-state index >= 15 is 0 Å². The Labute approximate surface area is 136 Å². The molecule has 0 spiro atoms. The van der Waals surface area contributed by atoms with Crippen molar-refractivity contribution in [1.29, 1.82) is 0 Å². The Kier molecular flexibility index (Phi) is 4.65. The molecule has 1 heterocycles. The molecule has 0 atom stereocenters. The van der Waals surface area contributed by atoms with Crippen LogP contribution < -0.4 is 11.1 Å². The number of nitrogens with two attached hydrogens (primary N) is 1. The molecule has 1 aromatic carbocycles. The fourth-order valence-corrected chi connectivity index (χ4v) is 3.36. The number of carbonyl (C=O) groups is 1. The summed E-state index contributed by atoms with van der Waals surface area (Å²) in [6, 6.07) is 7.26. The monoisotopic (exact) mass is 312 g/mol. The molecule has 1 amide bonds. The Hall–Kier alpha value is -2.30. The normalized spacial score (nSPS) is 15.5. The first-order chi connectivity index (χ1) is 11.1. The van der Waals surface area contributed by atoms with Crippen LogP contribution in [0.1, 0.15) is 59.6 Å². The van der Waals surface area contributed by atoms with E-state index in [1.807, 2.05) is 23.9 Å². The Morgan fingerprint density at radius 2 is 1.96 bits per heavy atom. The quantitative estimate of drug-likeness (QED) is 0.890. The van der Waals surface area contributed by atoms with Crippen LogP contribution in [-0.2, 0) is 13.6 Å². The molecule has 0 bridgehead atoms. The molecule has 2 aromatic rings. The van der Waals surface area contributed by atoms with Gasteiger partial charge in [-0.1, -0.05) is 19.3 Å². The largest absolute Gasteiger partial charge is 0.381 e. The van der Waals surface area contributed by atoms with Crippen LogP contribution in [0.15, 0.2) is 30.5 Å². The van der Waals surface area contributed by atoms with E-state index in [1.165, 1.54) is 43.4 Å². The number of aromatic nitrogens is 2. The smallest absolute Gasteiger partial charge is 0.248 e. The highest BCUT2D eigenvalue weighted by Crippen LogP contribution is 2.33. The van der Waals surface area contributed by atoms with Gasteiger partial charge in [-0.2, -0.15) is 5.10 Å². The van der Waals surface area contributed by atoms with Gasteiger partial charge in [-0.05, 0) is 37.1 Å². The third-order valence-electron chi connectivity index (χ3n) is 4.58. The zero-order chi connectivity index (χ0) is 16.2. The van der Waals surface area contributed by atoms with Crippen molar-refractivity contribution in [2.45, 2.75) is 44.6 Å². The molecule has 0 unspecified atom stereocenters. The minimum Gasteiger partial charge on any atom is -0.381 e. The molecule has 3 rings (SSSR count). The summed E-state index contributed by atoms with van der Waals surface area (Å²) in [5, 5.41) is 8.11. The number of primary amides is 1. The summed E-state index contributed by atoms with van der Waals surface area (Å²) in [6.07, 6.45) is 8.57. The van der Waals surface area contributed by atoms with Gasteiger partial charge in [0, 0.05) is 42.5 Å². The highest BCUT2D eigenvalue weighted by molar-refractivity contribution is 5.93. The summed E-state index contributed by atoms with van der Waals surface area (Å²) in [6.45, 7) is 0.746. The number of benzene rings is 1. The molecule has 0 saturated heterocycles. The van der Waals surface area contributed by atoms with Crippen LogP contribution in [0.25, 0.3) is 0 Å². The lowest BCUT2D eigenvalue weighted by atomic mass is 9.85. The molecule has 3 N–H and O–H groups in total. The SMILES string of the molecule is Cn1cc(CNc2ccc(C(N)=O)cc2)c(C2CCCCC2)n1. The molecule has 1 aliphatic rings. The number of nitrogens with one attached hydrogen (secondary N) is 1. The Morgan fingerprint density at radius 1 is 1.26 bits per heavy atom. The Morgan fingerprint density at radius 3 is 2.61 bits per heavy atom. The fourth-order valence-electron chi connectivity index (χ4n) is 3.36.